The number of carbonyl (C=O) groups is 2. The van der Waals surface area contributed by atoms with E-state index >= 15 is 0 Å². The summed E-state index contributed by atoms with van der Waals surface area (Å²) in [4.78, 5) is 27.0. The Morgan fingerprint density at radius 2 is 1.95 bits per heavy atom. The smallest absolute Gasteiger partial charge is 0.335 e. The Labute approximate surface area is 141 Å². The summed E-state index contributed by atoms with van der Waals surface area (Å²) in [5.74, 6) is -1.57. The summed E-state index contributed by atoms with van der Waals surface area (Å²) in [6.45, 7) is 0. The summed E-state index contributed by atoms with van der Waals surface area (Å²) < 4.78 is 1.16. The number of carboxylic acid groups (broad SMARTS) is 1. The Hall–Kier alpha value is -1.44. The second-order valence-corrected chi connectivity index (χ2v) is 6.07. The third-order valence-corrected chi connectivity index (χ3v) is 3.94. The zero-order valence-electron chi connectivity index (χ0n) is 10.2. The highest BCUT2D eigenvalue weighted by Crippen LogP contribution is 2.26. The number of aromatic nitrogens is 1. The molecule has 1 amide bonds. The van der Waals surface area contributed by atoms with Crippen molar-refractivity contribution in [3.8, 4) is 0 Å². The van der Waals surface area contributed by atoms with Crippen molar-refractivity contribution in [2.45, 2.75) is 0 Å². The average Bonchev–Trinajstić information content (AvgIpc) is 2.43. The van der Waals surface area contributed by atoms with E-state index in [4.69, 9.17) is 16.7 Å². The van der Waals surface area contributed by atoms with E-state index in [-0.39, 0.29) is 16.3 Å². The maximum absolute atomic E-state index is 12.2. The van der Waals surface area contributed by atoms with Gasteiger partial charge in [0.2, 0.25) is 0 Å². The first-order valence-corrected chi connectivity index (χ1v) is 7.50. The molecule has 1 aromatic heterocycles. The maximum Gasteiger partial charge on any atom is 0.335 e. The molecule has 0 saturated carbocycles. The second-order valence-electron chi connectivity index (χ2n) is 3.95. The molecule has 2 N–H and O–H groups in total. The molecule has 0 saturated heterocycles. The summed E-state index contributed by atoms with van der Waals surface area (Å²) in [5, 5.41) is 11.6. The fraction of sp³-hybridized carbons (Fsp3) is 0. The van der Waals surface area contributed by atoms with Gasteiger partial charge in [0.05, 0.1) is 16.8 Å². The van der Waals surface area contributed by atoms with E-state index in [1.165, 1.54) is 24.4 Å². The third kappa shape index (κ3) is 3.81. The minimum Gasteiger partial charge on any atom is -0.478 e. The minimum absolute atomic E-state index is 0.0567. The van der Waals surface area contributed by atoms with E-state index in [0.717, 1.165) is 0 Å². The Morgan fingerprint density at radius 3 is 2.62 bits per heavy atom. The molecule has 1 heterocycles. The van der Waals surface area contributed by atoms with Gasteiger partial charge >= 0.3 is 5.97 Å². The molecule has 21 heavy (non-hydrogen) atoms. The van der Waals surface area contributed by atoms with Crippen molar-refractivity contribution in [2.24, 2.45) is 0 Å². The van der Waals surface area contributed by atoms with Gasteiger partial charge in [-0.05, 0) is 56.1 Å². The van der Waals surface area contributed by atoms with Gasteiger partial charge in [-0.3, -0.25) is 4.79 Å². The Morgan fingerprint density at radius 1 is 1.24 bits per heavy atom. The molecule has 8 heteroatoms. The number of hydrogen-bond donors (Lipinski definition) is 2. The number of halogens is 3. The van der Waals surface area contributed by atoms with Crippen molar-refractivity contribution in [3.05, 3.63) is 55.7 Å². The van der Waals surface area contributed by atoms with Gasteiger partial charge in [0.1, 0.15) is 5.15 Å². The van der Waals surface area contributed by atoms with Gasteiger partial charge in [-0.1, -0.05) is 11.6 Å². The predicted octanol–water partition coefficient (Wildman–Crippen LogP) is 4.21. The zero-order chi connectivity index (χ0) is 15.6. The molecule has 0 aliphatic carbocycles. The van der Waals surface area contributed by atoms with E-state index in [9.17, 15) is 9.59 Å². The van der Waals surface area contributed by atoms with Crippen molar-refractivity contribution in [1.82, 2.24) is 4.98 Å². The monoisotopic (exact) mass is 432 g/mol. The van der Waals surface area contributed by atoms with Crippen molar-refractivity contribution in [1.29, 1.82) is 0 Å². The highest BCUT2D eigenvalue weighted by atomic mass is 79.9. The zero-order valence-corrected chi connectivity index (χ0v) is 14.2. The number of rotatable bonds is 3. The largest absolute Gasteiger partial charge is 0.478 e. The van der Waals surface area contributed by atoms with Crippen LogP contribution in [0.5, 0.6) is 0 Å². The van der Waals surface area contributed by atoms with E-state index in [1.807, 2.05) is 0 Å². The van der Waals surface area contributed by atoms with Crippen LogP contribution in [0.1, 0.15) is 20.7 Å². The SMILES string of the molecule is O=C(O)c1ccc(Br)c(NC(=O)c2cc(Br)cnc2Cl)c1. The fourth-order valence-electron chi connectivity index (χ4n) is 1.53. The van der Waals surface area contributed by atoms with Crippen LogP contribution in [0, 0.1) is 0 Å². The Bertz CT molecular complexity index is 737. The molecule has 0 spiro atoms. The van der Waals surface area contributed by atoms with E-state index in [1.54, 1.807) is 6.07 Å². The average molecular weight is 434 g/mol. The number of benzene rings is 1. The van der Waals surface area contributed by atoms with Crippen LogP contribution in [0.4, 0.5) is 5.69 Å². The highest BCUT2D eigenvalue weighted by Gasteiger charge is 2.15. The lowest BCUT2D eigenvalue weighted by Gasteiger charge is -2.09. The Balaban J connectivity index is 2.33. The number of hydrogen-bond acceptors (Lipinski definition) is 3. The van der Waals surface area contributed by atoms with Crippen LogP contribution in [0.3, 0.4) is 0 Å². The molecule has 0 radical (unpaired) electrons. The lowest BCUT2D eigenvalue weighted by molar-refractivity contribution is 0.0696. The van der Waals surface area contributed by atoms with Gasteiger partial charge in [-0.25, -0.2) is 9.78 Å². The second kappa shape index (κ2) is 6.55. The number of nitrogens with zero attached hydrogens (tertiary/aromatic N) is 1. The number of nitrogens with one attached hydrogen (secondary N) is 1. The number of anilines is 1. The maximum atomic E-state index is 12.2. The van der Waals surface area contributed by atoms with Crippen LogP contribution in [0.2, 0.25) is 5.15 Å². The van der Waals surface area contributed by atoms with Gasteiger partial charge in [0.15, 0.2) is 0 Å². The quantitative estimate of drug-likeness (QED) is 0.710. The van der Waals surface area contributed by atoms with Gasteiger partial charge < -0.3 is 10.4 Å². The Kier molecular flexibility index (Phi) is 4.97. The third-order valence-electron chi connectivity index (χ3n) is 2.51. The molecule has 2 rings (SSSR count). The molecular formula is C13H7Br2ClN2O3. The van der Waals surface area contributed by atoms with Crippen LogP contribution >= 0.6 is 43.5 Å². The predicted molar refractivity (Wildman–Crippen MR) is 86.0 cm³/mol. The minimum atomic E-state index is -1.08. The standard InChI is InChI=1S/C13H7Br2ClN2O3/c14-7-4-8(11(16)17-5-7)12(19)18-10-3-6(13(20)21)1-2-9(10)15/h1-5H,(H,18,19)(H,20,21). The van der Waals surface area contributed by atoms with Crippen molar-refractivity contribution in [2.75, 3.05) is 5.32 Å². The number of pyridine rings is 1. The molecule has 0 aliphatic heterocycles. The molecule has 5 nitrogen and oxygen atoms in total. The van der Waals surface area contributed by atoms with E-state index < -0.39 is 11.9 Å². The number of aromatic carboxylic acids is 1. The molecule has 0 bridgehead atoms. The summed E-state index contributed by atoms with van der Waals surface area (Å²) in [5.41, 5.74) is 0.571. The number of amides is 1. The molecule has 0 atom stereocenters. The lowest BCUT2D eigenvalue weighted by Crippen LogP contribution is -2.14. The van der Waals surface area contributed by atoms with Crippen LogP contribution in [0.15, 0.2) is 39.4 Å². The van der Waals surface area contributed by atoms with Gasteiger partial charge in [-0.2, -0.15) is 0 Å². The fourth-order valence-corrected chi connectivity index (χ4v) is 2.39. The normalized spacial score (nSPS) is 10.2. The molecular weight excluding hydrogens is 427 g/mol. The lowest BCUT2D eigenvalue weighted by atomic mass is 10.2. The van der Waals surface area contributed by atoms with E-state index in [2.05, 4.69) is 42.2 Å². The van der Waals surface area contributed by atoms with Crippen molar-refractivity contribution >= 4 is 61.0 Å². The number of carboxylic acids is 1. The molecule has 0 aliphatic rings. The first kappa shape index (κ1) is 15.9. The van der Waals surface area contributed by atoms with Crippen LogP contribution in [0.25, 0.3) is 0 Å². The summed E-state index contributed by atoms with van der Waals surface area (Å²) in [6.07, 6.45) is 1.47. The first-order valence-electron chi connectivity index (χ1n) is 5.53. The van der Waals surface area contributed by atoms with Gasteiger partial charge in [0, 0.05) is 15.1 Å². The van der Waals surface area contributed by atoms with Crippen LogP contribution < -0.4 is 5.32 Å². The van der Waals surface area contributed by atoms with Gasteiger partial charge in [-0.15, -0.1) is 0 Å². The summed E-state index contributed by atoms with van der Waals surface area (Å²) in [7, 11) is 0. The first-order chi connectivity index (χ1) is 9.88. The highest BCUT2D eigenvalue weighted by molar-refractivity contribution is 9.10. The van der Waals surface area contributed by atoms with Crippen molar-refractivity contribution < 1.29 is 14.7 Å². The summed E-state index contributed by atoms with van der Waals surface area (Å²) >= 11 is 12.3. The topological polar surface area (TPSA) is 79.3 Å². The number of carbonyl (C=O) groups excluding carboxylic acids is 1. The molecule has 0 unspecified atom stereocenters. The van der Waals surface area contributed by atoms with Crippen molar-refractivity contribution in [3.63, 3.8) is 0 Å². The summed E-state index contributed by atoms with van der Waals surface area (Å²) in [6, 6.07) is 5.85. The molecule has 108 valence electrons. The molecule has 1 aromatic carbocycles. The van der Waals surface area contributed by atoms with Crippen LogP contribution in [-0.4, -0.2) is 22.0 Å². The molecule has 0 fully saturated rings. The van der Waals surface area contributed by atoms with Gasteiger partial charge in [0.25, 0.3) is 5.91 Å². The van der Waals surface area contributed by atoms with Crippen LogP contribution in [-0.2, 0) is 0 Å². The van der Waals surface area contributed by atoms with E-state index in [0.29, 0.717) is 14.6 Å². The molecule has 2 aromatic rings.